The van der Waals surface area contributed by atoms with Crippen LogP contribution in [0.25, 0.3) is 11.3 Å². The molecular formula is C14H18FN3. The third-order valence-corrected chi connectivity index (χ3v) is 2.88. The van der Waals surface area contributed by atoms with Crippen molar-refractivity contribution in [2.24, 2.45) is 5.73 Å². The Balaban J connectivity index is 1.97. The Morgan fingerprint density at radius 2 is 2.11 bits per heavy atom. The molecule has 0 aliphatic rings. The van der Waals surface area contributed by atoms with Gasteiger partial charge in [-0.3, -0.25) is 0 Å². The van der Waals surface area contributed by atoms with Crippen LogP contribution in [-0.4, -0.2) is 16.5 Å². The molecular weight excluding hydrogens is 229 g/mol. The van der Waals surface area contributed by atoms with E-state index in [4.69, 9.17) is 5.73 Å². The Hall–Kier alpha value is -1.68. The van der Waals surface area contributed by atoms with Gasteiger partial charge in [0, 0.05) is 12.0 Å². The lowest BCUT2D eigenvalue weighted by Crippen LogP contribution is -1.98. The van der Waals surface area contributed by atoms with Crippen LogP contribution in [-0.2, 0) is 6.42 Å². The summed E-state index contributed by atoms with van der Waals surface area (Å²) >= 11 is 0. The van der Waals surface area contributed by atoms with Gasteiger partial charge in [0.1, 0.15) is 11.6 Å². The maximum atomic E-state index is 13.1. The third kappa shape index (κ3) is 3.40. The van der Waals surface area contributed by atoms with Gasteiger partial charge in [0.2, 0.25) is 0 Å². The summed E-state index contributed by atoms with van der Waals surface area (Å²) in [5, 5.41) is 0. The van der Waals surface area contributed by atoms with Crippen LogP contribution in [0.4, 0.5) is 4.39 Å². The fourth-order valence-electron chi connectivity index (χ4n) is 1.91. The van der Waals surface area contributed by atoms with E-state index in [2.05, 4.69) is 9.97 Å². The number of rotatable bonds is 6. The molecule has 1 aromatic heterocycles. The molecule has 0 aliphatic carbocycles. The summed E-state index contributed by atoms with van der Waals surface area (Å²) in [6, 6.07) is 6.51. The van der Waals surface area contributed by atoms with Crippen LogP contribution in [0.1, 0.15) is 25.1 Å². The number of hydrogen-bond acceptors (Lipinski definition) is 2. The summed E-state index contributed by atoms with van der Waals surface area (Å²) in [6.45, 7) is 0.743. The number of H-pyrrole nitrogens is 1. The number of nitrogens with two attached hydrogens (primary N) is 1. The molecule has 96 valence electrons. The van der Waals surface area contributed by atoms with E-state index in [1.165, 1.54) is 12.1 Å². The SMILES string of the molecule is NCCCCCc1ncc(-c2cccc(F)c2)[nH]1. The summed E-state index contributed by atoms with van der Waals surface area (Å²) in [6.07, 6.45) is 5.92. The van der Waals surface area contributed by atoms with Gasteiger partial charge >= 0.3 is 0 Å². The summed E-state index contributed by atoms with van der Waals surface area (Å²) in [5.41, 5.74) is 7.14. The largest absolute Gasteiger partial charge is 0.342 e. The highest BCUT2D eigenvalue weighted by Gasteiger charge is 2.04. The monoisotopic (exact) mass is 247 g/mol. The molecule has 0 amide bonds. The lowest BCUT2D eigenvalue weighted by molar-refractivity contribution is 0.628. The molecule has 0 radical (unpaired) electrons. The zero-order valence-corrected chi connectivity index (χ0v) is 10.3. The highest BCUT2D eigenvalue weighted by atomic mass is 19.1. The van der Waals surface area contributed by atoms with E-state index in [1.54, 1.807) is 12.3 Å². The van der Waals surface area contributed by atoms with Crippen LogP contribution in [0, 0.1) is 5.82 Å². The average Bonchev–Trinajstić information content (AvgIpc) is 2.83. The van der Waals surface area contributed by atoms with Gasteiger partial charge in [0.05, 0.1) is 11.9 Å². The van der Waals surface area contributed by atoms with Gasteiger partial charge in [-0.1, -0.05) is 18.6 Å². The van der Waals surface area contributed by atoms with E-state index >= 15 is 0 Å². The molecule has 0 atom stereocenters. The fourth-order valence-corrected chi connectivity index (χ4v) is 1.91. The summed E-state index contributed by atoms with van der Waals surface area (Å²) < 4.78 is 13.1. The van der Waals surface area contributed by atoms with Crippen molar-refractivity contribution in [3.63, 3.8) is 0 Å². The molecule has 0 unspecified atom stereocenters. The Morgan fingerprint density at radius 1 is 1.22 bits per heavy atom. The highest BCUT2D eigenvalue weighted by molar-refractivity contribution is 5.58. The summed E-state index contributed by atoms with van der Waals surface area (Å²) in [5.74, 6) is 0.720. The van der Waals surface area contributed by atoms with Crippen molar-refractivity contribution in [2.45, 2.75) is 25.7 Å². The van der Waals surface area contributed by atoms with Gasteiger partial charge in [-0.05, 0) is 31.5 Å². The zero-order chi connectivity index (χ0) is 12.8. The van der Waals surface area contributed by atoms with Crippen molar-refractivity contribution >= 4 is 0 Å². The van der Waals surface area contributed by atoms with E-state index in [9.17, 15) is 4.39 Å². The van der Waals surface area contributed by atoms with E-state index in [-0.39, 0.29) is 5.82 Å². The van der Waals surface area contributed by atoms with Crippen molar-refractivity contribution in [3.8, 4) is 11.3 Å². The maximum Gasteiger partial charge on any atom is 0.123 e. The third-order valence-electron chi connectivity index (χ3n) is 2.88. The minimum Gasteiger partial charge on any atom is -0.342 e. The van der Waals surface area contributed by atoms with Gasteiger partial charge in [-0.15, -0.1) is 0 Å². The van der Waals surface area contributed by atoms with Crippen molar-refractivity contribution < 1.29 is 4.39 Å². The number of halogens is 1. The van der Waals surface area contributed by atoms with Crippen LogP contribution in [0.15, 0.2) is 30.5 Å². The number of aromatic amines is 1. The van der Waals surface area contributed by atoms with Crippen LogP contribution >= 0.6 is 0 Å². The minimum atomic E-state index is -0.230. The predicted molar refractivity (Wildman–Crippen MR) is 70.6 cm³/mol. The van der Waals surface area contributed by atoms with E-state index in [0.29, 0.717) is 0 Å². The number of nitrogens with one attached hydrogen (secondary N) is 1. The Morgan fingerprint density at radius 3 is 2.89 bits per heavy atom. The number of nitrogens with zero attached hydrogens (tertiary/aromatic N) is 1. The second kappa shape index (κ2) is 6.31. The summed E-state index contributed by atoms with van der Waals surface area (Å²) in [7, 11) is 0. The molecule has 0 fully saturated rings. The van der Waals surface area contributed by atoms with Crippen molar-refractivity contribution in [2.75, 3.05) is 6.54 Å². The van der Waals surface area contributed by atoms with E-state index in [1.807, 2.05) is 6.07 Å². The molecule has 3 nitrogen and oxygen atoms in total. The maximum absolute atomic E-state index is 13.1. The first kappa shape index (κ1) is 12.8. The minimum absolute atomic E-state index is 0.230. The Kier molecular flexibility index (Phi) is 4.47. The molecule has 3 N–H and O–H groups in total. The first-order valence-corrected chi connectivity index (χ1v) is 6.29. The number of hydrogen-bond donors (Lipinski definition) is 2. The molecule has 0 saturated heterocycles. The molecule has 2 aromatic rings. The van der Waals surface area contributed by atoms with E-state index < -0.39 is 0 Å². The number of unbranched alkanes of at least 4 members (excludes halogenated alkanes) is 2. The quantitative estimate of drug-likeness (QED) is 0.771. The topological polar surface area (TPSA) is 54.7 Å². The lowest BCUT2D eigenvalue weighted by Gasteiger charge is -1.98. The highest BCUT2D eigenvalue weighted by Crippen LogP contribution is 2.18. The second-order valence-corrected chi connectivity index (χ2v) is 4.35. The smallest absolute Gasteiger partial charge is 0.123 e. The van der Waals surface area contributed by atoms with Crippen LogP contribution < -0.4 is 5.73 Å². The molecule has 1 aromatic carbocycles. The standard InChI is InChI=1S/C14H18FN3/c15-12-6-4-5-11(9-12)13-10-17-14(18-13)7-2-1-3-8-16/h4-6,9-10H,1-3,7-8,16H2,(H,17,18). The number of aryl methyl sites for hydroxylation is 1. The van der Waals surface area contributed by atoms with Crippen molar-refractivity contribution in [3.05, 3.63) is 42.1 Å². The molecule has 1 heterocycles. The van der Waals surface area contributed by atoms with Gasteiger partial charge in [-0.25, -0.2) is 9.37 Å². The van der Waals surface area contributed by atoms with Gasteiger partial charge in [-0.2, -0.15) is 0 Å². The molecule has 0 saturated carbocycles. The molecule has 4 heteroatoms. The van der Waals surface area contributed by atoms with Crippen molar-refractivity contribution in [1.82, 2.24) is 9.97 Å². The second-order valence-electron chi connectivity index (χ2n) is 4.35. The fraction of sp³-hybridized carbons (Fsp3) is 0.357. The van der Waals surface area contributed by atoms with Gasteiger partial charge < -0.3 is 10.7 Å². The Labute approximate surface area is 106 Å². The normalized spacial score (nSPS) is 10.8. The van der Waals surface area contributed by atoms with Crippen LogP contribution in [0.3, 0.4) is 0 Å². The van der Waals surface area contributed by atoms with Crippen molar-refractivity contribution in [1.29, 1.82) is 0 Å². The first-order valence-electron chi connectivity index (χ1n) is 6.29. The van der Waals surface area contributed by atoms with Gasteiger partial charge in [0.15, 0.2) is 0 Å². The lowest BCUT2D eigenvalue weighted by atomic mass is 10.1. The van der Waals surface area contributed by atoms with Crippen LogP contribution in [0.2, 0.25) is 0 Å². The predicted octanol–water partition coefficient (Wildman–Crippen LogP) is 2.89. The molecule has 0 spiro atoms. The zero-order valence-electron chi connectivity index (χ0n) is 10.3. The van der Waals surface area contributed by atoms with E-state index in [0.717, 1.165) is 49.3 Å². The number of benzene rings is 1. The van der Waals surface area contributed by atoms with Crippen LogP contribution in [0.5, 0.6) is 0 Å². The first-order chi connectivity index (χ1) is 8.79. The molecule has 2 rings (SSSR count). The average molecular weight is 247 g/mol. The molecule has 0 aliphatic heterocycles. The molecule has 0 bridgehead atoms. The Bertz CT molecular complexity index is 493. The number of aromatic nitrogens is 2. The summed E-state index contributed by atoms with van der Waals surface area (Å²) in [4.78, 5) is 7.54. The number of imidazole rings is 1. The van der Waals surface area contributed by atoms with Gasteiger partial charge in [0.25, 0.3) is 0 Å². The molecule has 18 heavy (non-hydrogen) atoms.